The van der Waals surface area contributed by atoms with Crippen LogP contribution >= 0.6 is 11.3 Å². The number of fused-ring (bicyclic) bond motifs is 1. The number of morpholine rings is 1. The van der Waals surface area contributed by atoms with Gasteiger partial charge in [0.25, 0.3) is 5.91 Å². The molecular weight excluding hydrogens is 358 g/mol. The maximum atomic E-state index is 12.1. The van der Waals surface area contributed by atoms with Crippen molar-refractivity contribution in [2.24, 2.45) is 5.73 Å². The number of primary amides is 1. The maximum Gasteiger partial charge on any atom is 0.257 e. The monoisotopic (exact) mass is 377 g/mol. The van der Waals surface area contributed by atoms with Crippen LogP contribution in [0.2, 0.25) is 0 Å². The molecule has 6 heteroatoms. The fraction of sp³-hybridized carbons (Fsp3) is 0.238. The van der Waals surface area contributed by atoms with Gasteiger partial charge in [-0.05, 0) is 28.3 Å². The van der Waals surface area contributed by atoms with Gasteiger partial charge in [-0.1, -0.05) is 42.5 Å². The van der Waals surface area contributed by atoms with Gasteiger partial charge in [-0.25, -0.2) is 4.85 Å². The van der Waals surface area contributed by atoms with Gasteiger partial charge in [-0.2, -0.15) is 0 Å². The molecule has 2 heterocycles. The Morgan fingerprint density at radius 1 is 1.19 bits per heavy atom. The van der Waals surface area contributed by atoms with Crippen molar-refractivity contribution >= 4 is 38.7 Å². The van der Waals surface area contributed by atoms with E-state index in [-0.39, 0.29) is 0 Å². The first-order valence-electron chi connectivity index (χ1n) is 8.80. The van der Waals surface area contributed by atoms with E-state index >= 15 is 0 Å². The molecule has 0 bridgehead atoms. The predicted molar refractivity (Wildman–Crippen MR) is 109 cm³/mol. The molecule has 2 N–H and O–H groups in total. The van der Waals surface area contributed by atoms with E-state index in [1.165, 1.54) is 16.7 Å². The lowest BCUT2D eigenvalue weighted by atomic mass is 10.0. The minimum atomic E-state index is -0.472. The minimum Gasteiger partial charge on any atom is -0.378 e. The Morgan fingerprint density at radius 3 is 2.63 bits per heavy atom. The molecule has 27 heavy (non-hydrogen) atoms. The van der Waals surface area contributed by atoms with Gasteiger partial charge >= 0.3 is 0 Å². The van der Waals surface area contributed by atoms with E-state index in [1.807, 2.05) is 18.2 Å². The van der Waals surface area contributed by atoms with Crippen LogP contribution in [0.15, 0.2) is 42.5 Å². The van der Waals surface area contributed by atoms with Crippen molar-refractivity contribution in [2.75, 3.05) is 31.2 Å². The molecule has 5 nitrogen and oxygen atoms in total. The van der Waals surface area contributed by atoms with Crippen LogP contribution in [-0.4, -0.2) is 32.2 Å². The van der Waals surface area contributed by atoms with Crippen LogP contribution in [-0.2, 0) is 11.2 Å². The molecule has 0 aliphatic carbocycles. The van der Waals surface area contributed by atoms with Gasteiger partial charge in [0.05, 0.1) is 29.7 Å². The molecule has 1 amide bonds. The van der Waals surface area contributed by atoms with Gasteiger partial charge in [0.15, 0.2) is 0 Å². The smallest absolute Gasteiger partial charge is 0.257 e. The highest BCUT2D eigenvalue weighted by Crippen LogP contribution is 2.44. The van der Waals surface area contributed by atoms with E-state index in [9.17, 15) is 4.79 Å². The molecule has 1 aliphatic heterocycles. The van der Waals surface area contributed by atoms with Crippen molar-refractivity contribution < 1.29 is 9.53 Å². The van der Waals surface area contributed by atoms with Gasteiger partial charge in [0.2, 0.25) is 5.69 Å². The number of carbonyl (C=O) groups excluding carboxylic acids is 1. The van der Waals surface area contributed by atoms with Crippen molar-refractivity contribution in [1.82, 2.24) is 0 Å². The molecule has 0 radical (unpaired) electrons. The van der Waals surface area contributed by atoms with Crippen LogP contribution in [0, 0.1) is 6.57 Å². The van der Waals surface area contributed by atoms with Crippen molar-refractivity contribution in [3.8, 4) is 0 Å². The second kappa shape index (κ2) is 7.39. The Balaban J connectivity index is 1.76. The number of thiophene rings is 1. The molecule has 0 atom stereocenters. The van der Waals surface area contributed by atoms with Gasteiger partial charge in [-0.3, -0.25) is 4.79 Å². The summed E-state index contributed by atoms with van der Waals surface area (Å²) in [4.78, 5) is 18.5. The van der Waals surface area contributed by atoms with Crippen LogP contribution in [0.5, 0.6) is 0 Å². The number of carbonyl (C=O) groups is 1. The van der Waals surface area contributed by atoms with E-state index in [1.54, 1.807) is 0 Å². The molecule has 1 aromatic heterocycles. The molecule has 136 valence electrons. The fourth-order valence-electron chi connectivity index (χ4n) is 3.46. The molecule has 0 unspecified atom stereocenters. The molecule has 2 aromatic carbocycles. The highest BCUT2D eigenvalue weighted by atomic mass is 32.1. The molecule has 0 spiro atoms. The molecule has 1 fully saturated rings. The first-order chi connectivity index (χ1) is 13.2. The number of nitrogens with two attached hydrogens (primary N) is 1. The van der Waals surface area contributed by atoms with Crippen LogP contribution in [0.1, 0.15) is 20.8 Å². The molecule has 1 saturated heterocycles. The molecular formula is C21H19N3O2S. The van der Waals surface area contributed by atoms with Crippen LogP contribution in [0.4, 0.5) is 10.7 Å². The van der Waals surface area contributed by atoms with Crippen molar-refractivity contribution in [3.05, 3.63) is 69.9 Å². The summed E-state index contributed by atoms with van der Waals surface area (Å²) in [6.45, 7) is 10.4. The normalized spacial score (nSPS) is 14.3. The summed E-state index contributed by atoms with van der Waals surface area (Å²) in [5.41, 5.74) is 7.99. The number of anilines is 1. The zero-order valence-corrected chi connectivity index (χ0v) is 15.6. The number of nitrogens with zero attached hydrogens (tertiary/aromatic N) is 2. The summed E-state index contributed by atoms with van der Waals surface area (Å²) < 4.78 is 5.41. The van der Waals surface area contributed by atoms with E-state index in [2.05, 4.69) is 34.0 Å². The first-order valence-corrected chi connectivity index (χ1v) is 9.62. The number of benzene rings is 2. The van der Waals surface area contributed by atoms with E-state index in [4.69, 9.17) is 17.0 Å². The average molecular weight is 377 g/mol. The van der Waals surface area contributed by atoms with Gasteiger partial charge < -0.3 is 15.4 Å². The molecule has 4 rings (SSSR count). The Hall–Kier alpha value is -2.88. The Kier molecular flexibility index (Phi) is 4.80. The van der Waals surface area contributed by atoms with Crippen molar-refractivity contribution in [3.63, 3.8) is 0 Å². The summed E-state index contributed by atoms with van der Waals surface area (Å²) in [6.07, 6.45) is 0.516. The Labute approximate surface area is 161 Å². The van der Waals surface area contributed by atoms with Gasteiger partial charge in [0, 0.05) is 13.1 Å². The minimum absolute atomic E-state index is 0.472. The van der Waals surface area contributed by atoms with Gasteiger partial charge in [0.1, 0.15) is 0 Å². The highest BCUT2D eigenvalue weighted by Gasteiger charge is 2.26. The third kappa shape index (κ3) is 3.39. The summed E-state index contributed by atoms with van der Waals surface area (Å²) in [5, 5.41) is 3.14. The standard InChI is InChI=1S/C21H19N3O2S/c1-23-18-17(13-14-6-7-15-4-2-3-5-16(15)12-14)19(20(22)25)27-21(18)24-8-10-26-11-9-24/h2-7,12H,8-11,13H2,(H2,22,25). The van der Waals surface area contributed by atoms with Crippen LogP contribution in [0.3, 0.4) is 0 Å². The lowest BCUT2D eigenvalue weighted by Gasteiger charge is -2.28. The lowest BCUT2D eigenvalue weighted by Crippen LogP contribution is -2.35. The summed E-state index contributed by atoms with van der Waals surface area (Å²) >= 11 is 1.33. The van der Waals surface area contributed by atoms with E-state index < -0.39 is 5.91 Å². The average Bonchev–Trinajstić information content (AvgIpc) is 3.07. The SMILES string of the molecule is [C-]#[N+]c1c(N2CCOCC2)sc(C(N)=O)c1Cc1ccc2ccccc2c1. The second-order valence-electron chi connectivity index (χ2n) is 6.50. The zero-order valence-electron chi connectivity index (χ0n) is 14.8. The van der Waals surface area contributed by atoms with Crippen LogP contribution in [0.25, 0.3) is 15.6 Å². The Bertz CT molecular complexity index is 1050. The summed E-state index contributed by atoms with van der Waals surface area (Å²) in [7, 11) is 0. The zero-order chi connectivity index (χ0) is 18.8. The Morgan fingerprint density at radius 2 is 1.93 bits per heavy atom. The number of amides is 1. The van der Waals surface area contributed by atoms with E-state index in [0.717, 1.165) is 34.6 Å². The number of ether oxygens (including phenoxy) is 1. The number of hydrogen-bond donors (Lipinski definition) is 1. The molecule has 1 aliphatic rings. The third-order valence-electron chi connectivity index (χ3n) is 4.79. The predicted octanol–water partition coefficient (Wildman–Crippen LogP) is 3.98. The fourth-order valence-corrected chi connectivity index (χ4v) is 4.62. The summed E-state index contributed by atoms with van der Waals surface area (Å²) in [6, 6.07) is 14.4. The first kappa shape index (κ1) is 17.5. The maximum absolute atomic E-state index is 12.1. The number of hydrogen-bond acceptors (Lipinski definition) is 4. The number of rotatable bonds is 4. The molecule has 0 saturated carbocycles. The largest absolute Gasteiger partial charge is 0.378 e. The third-order valence-corrected chi connectivity index (χ3v) is 6.09. The van der Waals surface area contributed by atoms with Crippen LogP contribution < -0.4 is 10.6 Å². The lowest BCUT2D eigenvalue weighted by molar-refractivity contribution is 0.100. The second-order valence-corrected chi connectivity index (χ2v) is 7.50. The quantitative estimate of drug-likeness (QED) is 0.700. The topological polar surface area (TPSA) is 59.9 Å². The molecule has 3 aromatic rings. The van der Waals surface area contributed by atoms with Crippen molar-refractivity contribution in [1.29, 1.82) is 0 Å². The highest BCUT2D eigenvalue weighted by molar-refractivity contribution is 7.19. The van der Waals surface area contributed by atoms with E-state index in [0.29, 0.717) is 30.2 Å². The van der Waals surface area contributed by atoms with Gasteiger partial charge in [-0.15, -0.1) is 11.3 Å². The van der Waals surface area contributed by atoms with Crippen molar-refractivity contribution in [2.45, 2.75) is 6.42 Å². The summed E-state index contributed by atoms with van der Waals surface area (Å²) in [5.74, 6) is -0.472.